The maximum absolute atomic E-state index is 12.4. The van der Waals surface area contributed by atoms with Gasteiger partial charge in [-0.1, -0.05) is 18.2 Å². The van der Waals surface area contributed by atoms with Crippen molar-refractivity contribution in [3.05, 3.63) is 58.3 Å². The van der Waals surface area contributed by atoms with Gasteiger partial charge in [-0.05, 0) is 31.9 Å². The Balaban J connectivity index is 2.01. The summed E-state index contributed by atoms with van der Waals surface area (Å²) in [6, 6.07) is 9.33. The monoisotopic (exact) mass is 312 g/mol. The van der Waals surface area contributed by atoms with Crippen molar-refractivity contribution in [2.75, 3.05) is 5.43 Å². The predicted octanol–water partition coefficient (Wildman–Crippen LogP) is 2.11. The molecule has 1 aliphatic rings. The number of anilines is 1. The van der Waals surface area contributed by atoms with Gasteiger partial charge in [0.25, 0.3) is 5.56 Å². The molecule has 0 unspecified atom stereocenters. The standard InChI is InChI=1S/C16H16N4O3/c1-10-7-8-13(19-18-11-5-3-2-4-6-11)14-17-9-12(16(22)23)15(21)20(10)14/h2-6,9-10,18H,7-8H2,1H3,(H,22,23)/t10-/m0/s1. The van der Waals surface area contributed by atoms with Gasteiger partial charge in [-0.3, -0.25) is 14.8 Å². The van der Waals surface area contributed by atoms with Crippen molar-refractivity contribution in [2.24, 2.45) is 5.10 Å². The van der Waals surface area contributed by atoms with Crippen LogP contribution in [0.15, 0.2) is 46.4 Å². The largest absolute Gasteiger partial charge is 0.477 e. The summed E-state index contributed by atoms with van der Waals surface area (Å²) in [7, 11) is 0. The molecule has 1 atom stereocenters. The van der Waals surface area contributed by atoms with Gasteiger partial charge in [0.15, 0.2) is 5.82 Å². The predicted molar refractivity (Wildman–Crippen MR) is 86.0 cm³/mol. The first-order valence-corrected chi connectivity index (χ1v) is 7.30. The molecule has 2 heterocycles. The second-order valence-electron chi connectivity index (χ2n) is 5.40. The number of carboxylic acid groups (broad SMARTS) is 1. The SMILES string of the molecule is C[C@H]1CCC(=NNc2ccccc2)c2ncc(C(=O)O)c(=O)n21. The number of benzene rings is 1. The van der Waals surface area contributed by atoms with E-state index >= 15 is 0 Å². The first-order valence-electron chi connectivity index (χ1n) is 7.30. The molecule has 0 bridgehead atoms. The highest BCUT2D eigenvalue weighted by atomic mass is 16.4. The normalized spacial score (nSPS) is 18.5. The van der Waals surface area contributed by atoms with Crippen LogP contribution in [0.4, 0.5) is 5.69 Å². The molecule has 0 radical (unpaired) electrons. The topological polar surface area (TPSA) is 96.6 Å². The lowest BCUT2D eigenvalue weighted by Crippen LogP contribution is -2.37. The molecule has 2 N–H and O–H groups in total. The number of hydrogen-bond donors (Lipinski definition) is 2. The Morgan fingerprint density at radius 3 is 2.83 bits per heavy atom. The van der Waals surface area contributed by atoms with Crippen LogP contribution in [0.1, 0.15) is 42.0 Å². The van der Waals surface area contributed by atoms with E-state index in [2.05, 4.69) is 15.5 Å². The molecule has 7 nitrogen and oxygen atoms in total. The molecule has 0 saturated carbocycles. The van der Waals surface area contributed by atoms with Gasteiger partial charge in [0.1, 0.15) is 11.3 Å². The molecule has 0 spiro atoms. The van der Waals surface area contributed by atoms with Crippen LogP contribution < -0.4 is 11.0 Å². The summed E-state index contributed by atoms with van der Waals surface area (Å²) in [5.41, 5.74) is 3.55. The highest BCUT2D eigenvalue weighted by Gasteiger charge is 2.26. The van der Waals surface area contributed by atoms with Gasteiger partial charge < -0.3 is 5.11 Å². The van der Waals surface area contributed by atoms with Crippen molar-refractivity contribution < 1.29 is 9.90 Å². The highest BCUT2D eigenvalue weighted by Crippen LogP contribution is 2.22. The van der Waals surface area contributed by atoms with Crippen molar-refractivity contribution in [3.63, 3.8) is 0 Å². The summed E-state index contributed by atoms with van der Waals surface area (Å²) in [5, 5.41) is 13.4. The average molecular weight is 312 g/mol. The number of carbonyl (C=O) groups is 1. The average Bonchev–Trinajstić information content (AvgIpc) is 2.55. The van der Waals surface area contributed by atoms with E-state index in [0.717, 1.165) is 11.9 Å². The van der Waals surface area contributed by atoms with Gasteiger partial charge >= 0.3 is 5.97 Å². The van der Waals surface area contributed by atoms with E-state index in [0.29, 0.717) is 24.4 Å². The number of aromatic nitrogens is 2. The maximum atomic E-state index is 12.4. The molecule has 0 saturated heterocycles. The lowest BCUT2D eigenvalue weighted by atomic mass is 10.0. The second kappa shape index (κ2) is 6.04. The molecule has 3 rings (SSSR count). The Kier molecular flexibility index (Phi) is 3.92. The van der Waals surface area contributed by atoms with E-state index in [1.165, 1.54) is 4.57 Å². The van der Waals surface area contributed by atoms with Crippen molar-refractivity contribution in [1.29, 1.82) is 0 Å². The Bertz CT molecular complexity index is 827. The van der Waals surface area contributed by atoms with Gasteiger partial charge in [0, 0.05) is 12.2 Å². The molecular weight excluding hydrogens is 296 g/mol. The zero-order valence-corrected chi connectivity index (χ0v) is 12.6. The number of carboxylic acids is 1. The van der Waals surface area contributed by atoms with Crippen LogP contribution in [0.25, 0.3) is 0 Å². The van der Waals surface area contributed by atoms with Crippen LogP contribution in [0.3, 0.4) is 0 Å². The fraction of sp³-hybridized carbons (Fsp3) is 0.250. The third-order valence-corrected chi connectivity index (χ3v) is 3.82. The molecule has 7 heteroatoms. The molecule has 0 amide bonds. The van der Waals surface area contributed by atoms with Crippen LogP contribution >= 0.6 is 0 Å². The zero-order valence-electron chi connectivity index (χ0n) is 12.6. The number of hydrazone groups is 1. The van der Waals surface area contributed by atoms with E-state index in [4.69, 9.17) is 5.11 Å². The number of fused-ring (bicyclic) bond motifs is 1. The number of rotatable bonds is 3. The maximum Gasteiger partial charge on any atom is 0.342 e. The Morgan fingerprint density at radius 1 is 1.39 bits per heavy atom. The van der Waals surface area contributed by atoms with Gasteiger partial charge in [0.05, 0.1) is 5.69 Å². The van der Waals surface area contributed by atoms with Crippen molar-refractivity contribution in [1.82, 2.24) is 9.55 Å². The molecule has 0 aliphatic carbocycles. The third-order valence-electron chi connectivity index (χ3n) is 3.82. The number of para-hydroxylation sites is 1. The molecule has 118 valence electrons. The molecule has 0 fully saturated rings. The number of aromatic carboxylic acids is 1. The summed E-state index contributed by atoms with van der Waals surface area (Å²) in [4.78, 5) is 27.6. The number of hydrogen-bond acceptors (Lipinski definition) is 5. The fourth-order valence-corrected chi connectivity index (χ4v) is 2.58. The molecule has 2 aromatic rings. The van der Waals surface area contributed by atoms with E-state index in [9.17, 15) is 9.59 Å². The van der Waals surface area contributed by atoms with Crippen LogP contribution in [-0.4, -0.2) is 26.3 Å². The zero-order chi connectivity index (χ0) is 16.4. The molecular formula is C16H16N4O3. The van der Waals surface area contributed by atoms with Gasteiger partial charge in [0.2, 0.25) is 0 Å². The quantitative estimate of drug-likeness (QED) is 0.846. The molecule has 1 aromatic heterocycles. The lowest BCUT2D eigenvalue weighted by Gasteiger charge is -2.25. The summed E-state index contributed by atoms with van der Waals surface area (Å²) in [6.07, 6.45) is 2.47. The van der Waals surface area contributed by atoms with E-state index < -0.39 is 11.5 Å². The van der Waals surface area contributed by atoms with Crippen molar-refractivity contribution in [3.8, 4) is 0 Å². The summed E-state index contributed by atoms with van der Waals surface area (Å²) in [5.74, 6) is -0.848. The van der Waals surface area contributed by atoms with Gasteiger partial charge in [-0.2, -0.15) is 5.10 Å². The number of nitrogens with zero attached hydrogens (tertiary/aromatic N) is 3. The number of nitrogens with one attached hydrogen (secondary N) is 1. The van der Waals surface area contributed by atoms with Crippen molar-refractivity contribution in [2.45, 2.75) is 25.8 Å². The Hall–Kier alpha value is -2.96. The smallest absolute Gasteiger partial charge is 0.342 e. The minimum absolute atomic E-state index is 0.111. The first kappa shape index (κ1) is 15.0. The van der Waals surface area contributed by atoms with Crippen LogP contribution in [0, 0.1) is 0 Å². The summed E-state index contributed by atoms with van der Waals surface area (Å²) in [6.45, 7) is 1.87. The summed E-state index contributed by atoms with van der Waals surface area (Å²) >= 11 is 0. The third kappa shape index (κ3) is 2.85. The Labute approximate surface area is 132 Å². The van der Waals surface area contributed by atoms with E-state index in [1.807, 2.05) is 37.3 Å². The van der Waals surface area contributed by atoms with Crippen LogP contribution in [-0.2, 0) is 0 Å². The minimum atomic E-state index is -1.27. The van der Waals surface area contributed by atoms with E-state index in [-0.39, 0.29) is 11.6 Å². The fourth-order valence-electron chi connectivity index (χ4n) is 2.58. The molecule has 23 heavy (non-hydrogen) atoms. The second-order valence-corrected chi connectivity index (χ2v) is 5.40. The molecule has 1 aromatic carbocycles. The minimum Gasteiger partial charge on any atom is -0.477 e. The van der Waals surface area contributed by atoms with Crippen molar-refractivity contribution >= 4 is 17.4 Å². The lowest BCUT2D eigenvalue weighted by molar-refractivity contribution is 0.0693. The van der Waals surface area contributed by atoms with Gasteiger partial charge in [-0.15, -0.1) is 0 Å². The van der Waals surface area contributed by atoms with Crippen LogP contribution in [0.5, 0.6) is 0 Å². The van der Waals surface area contributed by atoms with Crippen LogP contribution in [0.2, 0.25) is 0 Å². The van der Waals surface area contributed by atoms with E-state index in [1.54, 1.807) is 0 Å². The summed E-state index contributed by atoms with van der Waals surface area (Å²) < 4.78 is 1.42. The first-order chi connectivity index (χ1) is 11.1. The highest BCUT2D eigenvalue weighted by molar-refractivity contribution is 5.99. The Morgan fingerprint density at radius 2 is 2.13 bits per heavy atom. The van der Waals surface area contributed by atoms with Gasteiger partial charge in [-0.25, -0.2) is 9.78 Å². The molecule has 1 aliphatic heterocycles.